The monoisotopic (exact) mass is 346 g/mol. The molecular formula is C21H18N2OS. The van der Waals surface area contributed by atoms with Gasteiger partial charge in [0.2, 0.25) is 5.78 Å². The van der Waals surface area contributed by atoms with Crippen LogP contribution in [0.3, 0.4) is 0 Å². The summed E-state index contributed by atoms with van der Waals surface area (Å²) >= 11 is 4.54. The predicted octanol–water partition coefficient (Wildman–Crippen LogP) is 4.86. The lowest BCUT2D eigenvalue weighted by Crippen LogP contribution is -2.08. The van der Waals surface area contributed by atoms with Crippen LogP contribution in [-0.2, 0) is 0 Å². The van der Waals surface area contributed by atoms with Crippen molar-refractivity contribution in [2.75, 3.05) is 11.1 Å². The van der Waals surface area contributed by atoms with Crippen molar-refractivity contribution in [2.45, 2.75) is 0 Å². The molecule has 124 valence electrons. The van der Waals surface area contributed by atoms with E-state index in [4.69, 9.17) is 5.73 Å². The van der Waals surface area contributed by atoms with Crippen molar-refractivity contribution in [1.82, 2.24) is 0 Å². The minimum absolute atomic E-state index is 0.134. The fraction of sp³-hybridized carbons (Fsp3) is 0. The summed E-state index contributed by atoms with van der Waals surface area (Å²) in [6.45, 7) is 0. The van der Waals surface area contributed by atoms with E-state index < -0.39 is 0 Å². The molecule has 0 aliphatic heterocycles. The second kappa shape index (κ2) is 7.73. The summed E-state index contributed by atoms with van der Waals surface area (Å²) < 4.78 is 0. The average molecular weight is 346 g/mol. The molecule has 0 radical (unpaired) electrons. The molecule has 25 heavy (non-hydrogen) atoms. The van der Waals surface area contributed by atoms with E-state index in [2.05, 4.69) is 17.9 Å². The average Bonchev–Trinajstić information content (AvgIpc) is 2.68. The first-order chi connectivity index (χ1) is 12.1. The van der Waals surface area contributed by atoms with Crippen LogP contribution in [0, 0.1) is 0 Å². The number of hydrogen-bond acceptors (Lipinski definition) is 4. The second-order valence-electron chi connectivity index (χ2n) is 5.53. The number of carbonyl (C=O) groups excluding carboxylic acids is 1. The van der Waals surface area contributed by atoms with Gasteiger partial charge in [0.1, 0.15) is 0 Å². The zero-order chi connectivity index (χ0) is 17.6. The van der Waals surface area contributed by atoms with Gasteiger partial charge in [-0.2, -0.15) is 0 Å². The molecule has 0 aliphatic carbocycles. The van der Waals surface area contributed by atoms with E-state index in [1.54, 1.807) is 12.1 Å². The number of benzene rings is 3. The summed E-state index contributed by atoms with van der Waals surface area (Å²) in [6, 6.07) is 26.1. The highest BCUT2D eigenvalue weighted by Crippen LogP contribution is 2.26. The smallest absolute Gasteiger partial charge is 0.201 e. The first-order valence-electron chi connectivity index (χ1n) is 7.86. The van der Waals surface area contributed by atoms with E-state index in [0.29, 0.717) is 21.9 Å². The van der Waals surface area contributed by atoms with Gasteiger partial charge in [0.05, 0.1) is 10.6 Å². The Bertz CT molecular complexity index is 888. The van der Waals surface area contributed by atoms with E-state index in [9.17, 15) is 4.79 Å². The van der Waals surface area contributed by atoms with Gasteiger partial charge in [0.15, 0.2) is 0 Å². The third-order valence-corrected chi connectivity index (χ3v) is 4.16. The summed E-state index contributed by atoms with van der Waals surface area (Å²) in [5.74, 6) is -0.134. The largest absolute Gasteiger partial charge is 0.399 e. The number of thiol groups is 1. The Morgan fingerprint density at radius 1 is 0.760 bits per heavy atom. The lowest BCUT2D eigenvalue weighted by Gasteiger charge is -2.15. The molecule has 0 aromatic heterocycles. The van der Waals surface area contributed by atoms with Crippen LogP contribution < -0.4 is 11.1 Å². The van der Waals surface area contributed by atoms with Crippen molar-refractivity contribution in [1.29, 1.82) is 0 Å². The first-order valence-corrected chi connectivity index (χ1v) is 8.31. The zero-order valence-electron chi connectivity index (χ0n) is 13.5. The van der Waals surface area contributed by atoms with Crippen LogP contribution in [0.25, 0.3) is 5.70 Å². The topological polar surface area (TPSA) is 55.1 Å². The number of carbonyl (C=O) groups is 1. The standard InChI is InChI=1S/C21H18N2OS/c22-17-11-13-18(14-12-17)23-19(15-7-3-1-4-8-15)21(25)20(24)16-9-5-2-6-10-16/h1-14,23,25H,22H2/b21-19-. The molecule has 3 N–H and O–H groups in total. The Labute approximate surface area is 152 Å². The van der Waals surface area contributed by atoms with Crippen LogP contribution in [0.1, 0.15) is 15.9 Å². The molecule has 0 bridgehead atoms. The van der Waals surface area contributed by atoms with Gasteiger partial charge >= 0.3 is 0 Å². The number of Topliss-reactive ketones (excluding diaryl/α,β-unsaturated/α-hetero) is 1. The third-order valence-electron chi connectivity index (χ3n) is 3.73. The molecule has 0 atom stereocenters. The van der Waals surface area contributed by atoms with Gasteiger partial charge in [0, 0.05) is 16.9 Å². The van der Waals surface area contributed by atoms with Crippen molar-refractivity contribution in [3.63, 3.8) is 0 Å². The Balaban J connectivity index is 2.03. The van der Waals surface area contributed by atoms with Gasteiger partial charge in [-0.25, -0.2) is 0 Å². The quantitative estimate of drug-likeness (QED) is 0.268. The van der Waals surface area contributed by atoms with Crippen molar-refractivity contribution in [2.24, 2.45) is 0 Å². The number of ketones is 1. The molecule has 0 saturated carbocycles. The van der Waals surface area contributed by atoms with Crippen molar-refractivity contribution < 1.29 is 4.79 Å². The van der Waals surface area contributed by atoms with Gasteiger partial charge in [-0.15, -0.1) is 12.6 Å². The number of allylic oxidation sites excluding steroid dienone is 1. The first kappa shape index (κ1) is 16.9. The predicted molar refractivity (Wildman–Crippen MR) is 108 cm³/mol. The van der Waals surface area contributed by atoms with Crippen LogP contribution in [0.4, 0.5) is 11.4 Å². The minimum atomic E-state index is -0.134. The van der Waals surface area contributed by atoms with Gasteiger partial charge in [-0.05, 0) is 29.8 Å². The maximum absolute atomic E-state index is 12.8. The van der Waals surface area contributed by atoms with Crippen LogP contribution >= 0.6 is 12.6 Å². The van der Waals surface area contributed by atoms with Gasteiger partial charge in [-0.1, -0.05) is 60.7 Å². The highest BCUT2D eigenvalue weighted by molar-refractivity contribution is 7.86. The number of rotatable bonds is 5. The molecular weight excluding hydrogens is 328 g/mol. The molecule has 0 unspecified atom stereocenters. The Hall–Kier alpha value is -2.98. The summed E-state index contributed by atoms with van der Waals surface area (Å²) in [5.41, 5.74) is 9.40. The molecule has 0 saturated heterocycles. The second-order valence-corrected chi connectivity index (χ2v) is 5.98. The van der Waals surface area contributed by atoms with E-state index in [1.165, 1.54) is 0 Å². The minimum Gasteiger partial charge on any atom is -0.399 e. The van der Waals surface area contributed by atoms with Gasteiger partial charge in [0.25, 0.3) is 0 Å². The van der Waals surface area contributed by atoms with E-state index in [-0.39, 0.29) is 5.78 Å². The van der Waals surface area contributed by atoms with Crippen LogP contribution in [0.2, 0.25) is 0 Å². The van der Waals surface area contributed by atoms with E-state index in [1.807, 2.05) is 72.8 Å². The third kappa shape index (κ3) is 4.11. The highest BCUT2D eigenvalue weighted by Gasteiger charge is 2.16. The zero-order valence-corrected chi connectivity index (χ0v) is 14.4. The van der Waals surface area contributed by atoms with E-state index in [0.717, 1.165) is 11.3 Å². The van der Waals surface area contributed by atoms with Gasteiger partial charge in [-0.3, -0.25) is 4.79 Å². The summed E-state index contributed by atoms with van der Waals surface area (Å²) in [6.07, 6.45) is 0. The molecule has 0 aliphatic rings. The van der Waals surface area contributed by atoms with Crippen molar-refractivity contribution in [3.05, 3.63) is 101 Å². The lowest BCUT2D eigenvalue weighted by atomic mass is 10.1. The molecule has 0 heterocycles. The molecule has 0 fully saturated rings. The molecule has 3 rings (SSSR count). The molecule has 4 heteroatoms. The van der Waals surface area contributed by atoms with Crippen LogP contribution in [0.5, 0.6) is 0 Å². The molecule has 3 aromatic carbocycles. The highest BCUT2D eigenvalue weighted by atomic mass is 32.1. The Morgan fingerprint density at radius 3 is 1.84 bits per heavy atom. The number of nitrogen functional groups attached to an aromatic ring is 1. The maximum atomic E-state index is 12.8. The molecule has 0 spiro atoms. The summed E-state index contributed by atoms with van der Waals surface area (Å²) in [4.78, 5) is 13.2. The van der Waals surface area contributed by atoms with Crippen molar-refractivity contribution >= 4 is 35.5 Å². The molecule has 3 aromatic rings. The number of anilines is 2. The lowest BCUT2D eigenvalue weighted by molar-refractivity contribution is 0.104. The van der Waals surface area contributed by atoms with Crippen molar-refractivity contribution in [3.8, 4) is 0 Å². The Morgan fingerprint density at radius 2 is 1.28 bits per heavy atom. The summed E-state index contributed by atoms with van der Waals surface area (Å²) in [7, 11) is 0. The summed E-state index contributed by atoms with van der Waals surface area (Å²) in [5, 5.41) is 3.30. The fourth-order valence-electron chi connectivity index (χ4n) is 2.42. The van der Waals surface area contributed by atoms with Crippen LogP contribution in [0.15, 0.2) is 89.8 Å². The Kier molecular flexibility index (Phi) is 5.21. The molecule has 0 amide bonds. The molecule has 3 nitrogen and oxygen atoms in total. The fourth-order valence-corrected chi connectivity index (χ4v) is 2.74. The number of hydrogen-bond donors (Lipinski definition) is 3. The SMILES string of the molecule is Nc1ccc(N/C(=C(\S)C(=O)c2ccccc2)c2ccccc2)cc1. The number of nitrogens with two attached hydrogens (primary N) is 1. The normalized spacial score (nSPS) is 11.6. The van der Waals surface area contributed by atoms with Crippen LogP contribution in [-0.4, -0.2) is 5.78 Å². The van der Waals surface area contributed by atoms with E-state index >= 15 is 0 Å². The number of nitrogens with one attached hydrogen (secondary N) is 1. The maximum Gasteiger partial charge on any atom is 0.201 e. The van der Waals surface area contributed by atoms with Gasteiger partial charge < -0.3 is 11.1 Å².